The molecule has 6 nitrogen and oxygen atoms in total. The van der Waals surface area contributed by atoms with Crippen LogP contribution in [0, 0.1) is 16.7 Å². The minimum atomic E-state index is -1.06. The summed E-state index contributed by atoms with van der Waals surface area (Å²) in [5, 5.41) is 22.0. The van der Waals surface area contributed by atoms with Gasteiger partial charge in [0.2, 0.25) is 0 Å². The first-order valence-corrected chi connectivity index (χ1v) is 11.1. The van der Waals surface area contributed by atoms with E-state index in [2.05, 4.69) is 11.9 Å². The lowest BCUT2D eigenvalue weighted by molar-refractivity contribution is -0.284. The zero-order chi connectivity index (χ0) is 20.6. The van der Waals surface area contributed by atoms with Crippen LogP contribution in [0.5, 0.6) is 0 Å². The number of methoxy groups -OCH3 is 1. The number of hydrogen-bond acceptors (Lipinski definition) is 6. The summed E-state index contributed by atoms with van der Waals surface area (Å²) in [6, 6.07) is 0. The monoisotopic (exact) mass is 403 g/mol. The van der Waals surface area contributed by atoms with E-state index in [4.69, 9.17) is 9.47 Å². The molecule has 0 aromatic carbocycles. The first-order valence-electron chi connectivity index (χ1n) is 11.1. The highest BCUT2D eigenvalue weighted by atomic mass is 16.6. The van der Waals surface area contributed by atoms with Crippen molar-refractivity contribution in [2.45, 2.75) is 63.8 Å². The molecule has 29 heavy (non-hydrogen) atoms. The van der Waals surface area contributed by atoms with Gasteiger partial charge in [-0.1, -0.05) is 6.92 Å². The van der Waals surface area contributed by atoms with Crippen molar-refractivity contribution >= 4 is 5.97 Å². The van der Waals surface area contributed by atoms with Crippen molar-refractivity contribution in [3.63, 3.8) is 0 Å². The summed E-state index contributed by atoms with van der Waals surface area (Å²) in [7, 11) is 3.61. The molecule has 0 amide bonds. The zero-order valence-corrected chi connectivity index (χ0v) is 17.8. The Hall–Kier alpha value is -1.21. The average molecular weight is 404 g/mol. The summed E-state index contributed by atoms with van der Waals surface area (Å²) < 4.78 is 11.4. The van der Waals surface area contributed by atoms with E-state index in [1.807, 2.05) is 6.92 Å². The third kappa shape index (κ3) is 2.46. The molecule has 2 saturated heterocycles. The second kappa shape index (κ2) is 6.39. The lowest BCUT2D eigenvalue weighted by Gasteiger charge is -2.61. The number of carbonyl (C=O) groups excluding carboxylic acids is 1. The van der Waals surface area contributed by atoms with Crippen LogP contribution in [0.3, 0.4) is 0 Å². The fourth-order valence-corrected chi connectivity index (χ4v) is 7.45. The van der Waals surface area contributed by atoms with Gasteiger partial charge in [-0.25, -0.2) is 4.79 Å². The number of ether oxygens (including phenoxy) is 2. The van der Waals surface area contributed by atoms with E-state index in [9.17, 15) is 15.0 Å². The summed E-state index contributed by atoms with van der Waals surface area (Å²) in [5.74, 6) is -1.02. The molecule has 0 radical (unpaired) electrons. The van der Waals surface area contributed by atoms with Gasteiger partial charge in [0, 0.05) is 35.9 Å². The average Bonchev–Trinajstić information content (AvgIpc) is 3.26. The Bertz CT molecular complexity index is 806. The van der Waals surface area contributed by atoms with Crippen molar-refractivity contribution in [1.82, 2.24) is 4.90 Å². The molecule has 0 aromatic heterocycles. The second-order valence-corrected chi connectivity index (χ2v) is 10.00. The number of hydrogen-bond donors (Lipinski definition) is 2. The Balaban J connectivity index is 1.69. The van der Waals surface area contributed by atoms with E-state index in [0.29, 0.717) is 25.9 Å². The summed E-state index contributed by atoms with van der Waals surface area (Å²) in [6.07, 6.45) is 4.64. The summed E-state index contributed by atoms with van der Waals surface area (Å²) in [4.78, 5) is 15.1. The van der Waals surface area contributed by atoms with E-state index in [1.165, 1.54) is 12.7 Å². The predicted octanol–water partition coefficient (Wildman–Crippen LogP) is 2.16. The maximum absolute atomic E-state index is 12.7. The molecular weight excluding hydrogens is 370 g/mol. The van der Waals surface area contributed by atoms with Crippen molar-refractivity contribution in [1.29, 1.82) is 0 Å². The minimum absolute atomic E-state index is 0.176. The van der Waals surface area contributed by atoms with Crippen molar-refractivity contribution in [2.75, 3.05) is 33.9 Å². The van der Waals surface area contributed by atoms with E-state index in [1.54, 1.807) is 0 Å². The van der Waals surface area contributed by atoms with Gasteiger partial charge in [0.15, 0.2) is 5.79 Å². The predicted molar refractivity (Wildman–Crippen MR) is 107 cm³/mol. The summed E-state index contributed by atoms with van der Waals surface area (Å²) in [6.45, 7) is 4.22. The molecule has 6 heteroatoms. The fraction of sp³-hybridized carbons (Fsp3) is 0.783. The van der Waals surface area contributed by atoms with Crippen LogP contribution in [0.25, 0.3) is 0 Å². The molecule has 0 aromatic rings. The number of rotatable bonds is 2. The van der Waals surface area contributed by atoms with Crippen molar-refractivity contribution < 1.29 is 24.5 Å². The Labute approximate surface area is 172 Å². The highest BCUT2D eigenvalue weighted by Crippen LogP contribution is 2.70. The van der Waals surface area contributed by atoms with Gasteiger partial charge in [-0.3, -0.25) is 0 Å². The molecule has 3 aliphatic carbocycles. The largest absolute Gasteiger partial charge is 0.466 e. The molecule has 2 bridgehead atoms. The molecule has 2 fully saturated rings. The molecule has 5 unspecified atom stereocenters. The highest BCUT2D eigenvalue weighted by molar-refractivity contribution is 5.92. The molecule has 0 saturated carbocycles. The Kier molecular flexibility index (Phi) is 4.35. The topological polar surface area (TPSA) is 79.2 Å². The maximum atomic E-state index is 12.7. The maximum Gasteiger partial charge on any atom is 0.334 e. The number of piperidine rings is 1. The number of aliphatic hydroxyl groups is 2. The van der Waals surface area contributed by atoms with Gasteiger partial charge in [-0.2, -0.15) is 0 Å². The van der Waals surface area contributed by atoms with Crippen LogP contribution in [0.4, 0.5) is 0 Å². The Morgan fingerprint density at radius 1 is 1.34 bits per heavy atom. The number of esters is 1. The first-order chi connectivity index (χ1) is 13.8. The number of carbonyl (C=O) groups is 1. The van der Waals surface area contributed by atoms with E-state index >= 15 is 0 Å². The molecule has 2 heterocycles. The molecule has 2 N–H and O–H groups in total. The molecular formula is C23H33NO5. The Morgan fingerprint density at radius 2 is 2.14 bits per heavy atom. The number of likely N-dealkylation sites (tertiary alicyclic amines) is 1. The van der Waals surface area contributed by atoms with Gasteiger partial charge in [0.25, 0.3) is 0 Å². The van der Waals surface area contributed by atoms with Gasteiger partial charge in [0.05, 0.1) is 19.8 Å². The van der Waals surface area contributed by atoms with Gasteiger partial charge < -0.3 is 24.6 Å². The number of aliphatic hydroxyl groups excluding tert-OH is 1. The molecule has 5 aliphatic rings. The van der Waals surface area contributed by atoms with Crippen molar-refractivity contribution in [3.05, 3.63) is 22.3 Å². The molecule has 160 valence electrons. The lowest BCUT2D eigenvalue weighted by Crippen LogP contribution is -2.64. The van der Waals surface area contributed by atoms with Gasteiger partial charge in [0.1, 0.15) is 0 Å². The molecule has 2 aliphatic heterocycles. The zero-order valence-electron chi connectivity index (χ0n) is 17.8. The van der Waals surface area contributed by atoms with Gasteiger partial charge >= 0.3 is 5.97 Å². The smallest absolute Gasteiger partial charge is 0.334 e. The molecule has 2 spiro atoms. The van der Waals surface area contributed by atoms with Crippen molar-refractivity contribution in [2.24, 2.45) is 16.7 Å². The van der Waals surface area contributed by atoms with Crippen molar-refractivity contribution in [3.8, 4) is 0 Å². The van der Waals surface area contributed by atoms with Crippen LogP contribution in [-0.2, 0) is 14.3 Å². The van der Waals surface area contributed by atoms with Crippen LogP contribution >= 0.6 is 0 Å². The van der Waals surface area contributed by atoms with E-state index in [0.717, 1.165) is 55.5 Å². The standard InChI is InChI=1S/C23H33NO5/c1-4-23(27)8-7-21(13-29-23)14-9-18(25)16-6-5-15-17(20(26)28-3)10-22(21,19(15)16)12-24(2)11-14/h14,18,25,27H,4-13H2,1-3H3. The van der Waals surface area contributed by atoms with E-state index < -0.39 is 11.9 Å². The Morgan fingerprint density at radius 3 is 2.79 bits per heavy atom. The fourth-order valence-electron chi connectivity index (χ4n) is 7.45. The van der Waals surface area contributed by atoms with Crippen LogP contribution in [0.2, 0.25) is 0 Å². The van der Waals surface area contributed by atoms with Crippen LogP contribution < -0.4 is 0 Å². The summed E-state index contributed by atoms with van der Waals surface area (Å²) in [5.41, 5.74) is 3.89. The quantitative estimate of drug-likeness (QED) is 0.688. The van der Waals surface area contributed by atoms with Crippen LogP contribution in [0.15, 0.2) is 22.3 Å². The second-order valence-electron chi connectivity index (χ2n) is 10.00. The molecule has 5 rings (SSSR count). The highest BCUT2D eigenvalue weighted by Gasteiger charge is 2.67. The normalized spacial score (nSPS) is 44.3. The van der Waals surface area contributed by atoms with Crippen LogP contribution in [-0.4, -0.2) is 66.8 Å². The summed E-state index contributed by atoms with van der Waals surface area (Å²) >= 11 is 0. The van der Waals surface area contributed by atoms with Gasteiger partial charge in [-0.15, -0.1) is 0 Å². The number of allylic oxidation sites excluding steroid dienone is 1. The minimum Gasteiger partial charge on any atom is -0.466 e. The number of nitrogens with zero attached hydrogens (tertiary/aromatic N) is 1. The lowest BCUT2D eigenvalue weighted by atomic mass is 9.50. The first kappa shape index (κ1) is 19.7. The van der Waals surface area contributed by atoms with Gasteiger partial charge in [-0.05, 0) is 68.2 Å². The third-order valence-electron chi connectivity index (χ3n) is 8.85. The SMILES string of the molecule is CCC1(O)CCC2(CO1)C1CC(O)C3=C4C(=C(C(=O)OC)CC42CN(C)C1)CC3. The third-order valence-corrected chi connectivity index (χ3v) is 8.85. The molecule has 5 atom stereocenters. The van der Waals surface area contributed by atoms with E-state index in [-0.39, 0.29) is 22.7 Å². The van der Waals surface area contributed by atoms with Crippen LogP contribution in [0.1, 0.15) is 51.9 Å².